The standard InChI is InChI=1S/C13H15N3O/c17-9-12-5-1-4-11-8-15-13(16(11)12)10-3-2-6-14-7-10/h1,4-5,8-10,14H,2-3,6-7H2. The molecule has 1 aliphatic rings. The van der Waals surface area contributed by atoms with Gasteiger partial charge in [0.1, 0.15) is 5.82 Å². The summed E-state index contributed by atoms with van der Waals surface area (Å²) in [6.07, 6.45) is 5.05. The smallest absolute Gasteiger partial charge is 0.166 e. The van der Waals surface area contributed by atoms with Crippen molar-refractivity contribution in [2.24, 2.45) is 0 Å². The van der Waals surface area contributed by atoms with Gasteiger partial charge in [0, 0.05) is 12.5 Å². The molecular formula is C13H15N3O. The summed E-state index contributed by atoms with van der Waals surface area (Å²) in [7, 11) is 0. The maximum atomic E-state index is 11.1. The van der Waals surface area contributed by atoms with E-state index in [0.717, 1.165) is 37.1 Å². The van der Waals surface area contributed by atoms with Crippen LogP contribution in [0, 0.1) is 0 Å². The number of nitrogens with zero attached hydrogens (tertiary/aromatic N) is 2. The van der Waals surface area contributed by atoms with E-state index < -0.39 is 0 Å². The molecule has 0 aliphatic carbocycles. The van der Waals surface area contributed by atoms with Crippen molar-refractivity contribution >= 4 is 11.8 Å². The second-order valence-electron chi connectivity index (χ2n) is 4.49. The van der Waals surface area contributed by atoms with Crippen molar-refractivity contribution in [1.82, 2.24) is 14.7 Å². The van der Waals surface area contributed by atoms with E-state index >= 15 is 0 Å². The zero-order valence-corrected chi connectivity index (χ0v) is 9.60. The second-order valence-corrected chi connectivity index (χ2v) is 4.49. The highest BCUT2D eigenvalue weighted by Crippen LogP contribution is 2.23. The Hall–Kier alpha value is -1.68. The molecule has 4 nitrogen and oxygen atoms in total. The Morgan fingerprint density at radius 3 is 3.18 bits per heavy atom. The topological polar surface area (TPSA) is 46.4 Å². The van der Waals surface area contributed by atoms with Crippen molar-refractivity contribution in [3.05, 3.63) is 35.9 Å². The van der Waals surface area contributed by atoms with Crippen molar-refractivity contribution in [2.75, 3.05) is 13.1 Å². The molecule has 3 heterocycles. The molecule has 1 N–H and O–H groups in total. The van der Waals surface area contributed by atoms with Crippen LogP contribution in [0.4, 0.5) is 0 Å². The highest BCUT2D eigenvalue weighted by molar-refractivity contribution is 5.74. The number of hydrogen-bond donors (Lipinski definition) is 1. The molecule has 4 heteroatoms. The van der Waals surface area contributed by atoms with Crippen LogP contribution in [0.3, 0.4) is 0 Å². The molecular weight excluding hydrogens is 214 g/mol. The van der Waals surface area contributed by atoms with E-state index in [1.54, 1.807) is 0 Å². The Morgan fingerprint density at radius 1 is 1.47 bits per heavy atom. The number of carbonyl (C=O) groups is 1. The maximum absolute atomic E-state index is 11.1. The summed E-state index contributed by atoms with van der Waals surface area (Å²) >= 11 is 0. The van der Waals surface area contributed by atoms with Gasteiger partial charge in [-0.15, -0.1) is 0 Å². The molecule has 0 amide bonds. The lowest BCUT2D eigenvalue weighted by atomic mass is 9.99. The average Bonchev–Trinajstić information content (AvgIpc) is 2.83. The minimum absolute atomic E-state index is 0.410. The van der Waals surface area contributed by atoms with Crippen LogP contribution in [0.5, 0.6) is 0 Å². The SMILES string of the molecule is O=Cc1cccc2cnc(C3CCCNC3)n12. The van der Waals surface area contributed by atoms with E-state index in [-0.39, 0.29) is 0 Å². The van der Waals surface area contributed by atoms with Gasteiger partial charge in [-0.2, -0.15) is 0 Å². The lowest BCUT2D eigenvalue weighted by molar-refractivity contribution is 0.111. The molecule has 0 aromatic carbocycles. The van der Waals surface area contributed by atoms with Gasteiger partial charge in [-0.05, 0) is 31.5 Å². The predicted molar refractivity (Wildman–Crippen MR) is 65.4 cm³/mol. The number of imidazole rings is 1. The minimum Gasteiger partial charge on any atom is -0.316 e. The van der Waals surface area contributed by atoms with Gasteiger partial charge in [-0.25, -0.2) is 4.98 Å². The van der Waals surface area contributed by atoms with Gasteiger partial charge in [0.05, 0.1) is 17.4 Å². The lowest BCUT2D eigenvalue weighted by Crippen LogP contribution is -2.29. The molecule has 0 spiro atoms. The number of fused-ring (bicyclic) bond motifs is 1. The number of carbonyl (C=O) groups excluding carboxylic acids is 1. The van der Waals surface area contributed by atoms with E-state index in [4.69, 9.17) is 0 Å². The lowest BCUT2D eigenvalue weighted by Gasteiger charge is -2.22. The van der Waals surface area contributed by atoms with E-state index in [9.17, 15) is 4.79 Å². The Balaban J connectivity index is 2.12. The molecule has 3 rings (SSSR count). The van der Waals surface area contributed by atoms with Crippen LogP contribution >= 0.6 is 0 Å². The van der Waals surface area contributed by atoms with Crippen LogP contribution in [-0.2, 0) is 0 Å². The van der Waals surface area contributed by atoms with Gasteiger partial charge in [0.15, 0.2) is 6.29 Å². The summed E-state index contributed by atoms with van der Waals surface area (Å²) in [5.74, 6) is 1.42. The van der Waals surface area contributed by atoms with Crippen molar-refractivity contribution in [3.63, 3.8) is 0 Å². The van der Waals surface area contributed by atoms with Gasteiger partial charge < -0.3 is 5.32 Å². The zero-order valence-electron chi connectivity index (χ0n) is 9.60. The van der Waals surface area contributed by atoms with Crippen molar-refractivity contribution in [2.45, 2.75) is 18.8 Å². The molecule has 88 valence electrons. The Labute approximate surface area is 99.7 Å². The molecule has 0 bridgehead atoms. The van der Waals surface area contributed by atoms with Crippen LogP contribution < -0.4 is 5.32 Å². The molecule has 1 saturated heterocycles. The first-order valence-electron chi connectivity index (χ1n) is 6.02. The number of pyridine rings is 1. The largest absolute Gasteiger partial charge is 0.316 e. The number of hydrogen-bond acceptors (Lipinski definition) is 3. The summed E-state index contributed by atoms with van der Waals surface area (Å²) in [6, 6.07) is 5.71. The second kappa shape index (κ2) is 4.30. The van der Waals surface area contributed by atoms with Crippen LogP contribution in [0.2, 0.25) is 0 Å². The van der Waals surface area contributed by atoms with Crippen molar-refractivity contribution in [3.8, 4) is 0 Å². The number of aldehydes is 1. The maximum Gasteiger partial charge on any atom is 0.166 e. The molecule has 1 aliphatic heterocycles. The summed E-state index contributed by atoms with van der Waals surface area (Å²) in [5.41, 5.74) is 1.68. The number of aromatic nitrogens is 2. The van der Waals surface area contributed by atoms with Gasteiger partial charge in [0.2, 0.25) is 0 Å². The summed E-state index contributed by atoms with van der Waals surface area (Å²) in [5, 5.41) is 3.38. The minimum atomic E-state index is 0.410. The molecule has 2 aromatic heterocycles. The van der Waals surface area contributed by atoms with Crippen molar-refractivity contribution < 1.29 is 4.79 Å². The normalized spacial score (nSPS) is 20.6. The molecule has 17 heavy (non-hydrogen) atoms. The molecule has 2 aromatic rings. The van der Waals surface area contributed by atoms with E-state index in [0.29, 0.717) is 11.6 Å². The number of piperidine rings is 1. The summed E-state index contributed by atoms with van der Waals surface area (Å²) in [6.45, 7) is 2.03. The zero-order chi connectivity index (χ0) is 11.7. The third kappa shape index (κ3) is 1.74. The molecule has 0 radical (unpaired) electrons. The van der Waals surface area contributed by atoms with Gasteiger partial charge in [-0.1, -0.05) is 6.07 Å². The van der Waals surface area contributed by atoms with E-state index in [1.807, 2.05) is 28.8 Å². The summed E-state index contributed by atoms with van der Waals surface area (Å²) < 4.78 is 1.98. The van der Waals surface area contributed by atoms with Gasteiger partial charge in [0.25, 0.3) is 0 Å². The van der Waals surface area contributed by atoms with E-state index in [1.165, 1.54) is 6.42 Å². The average molecular weight is 229 g/mol. The fourth-order valence-corrected chi connectivity index (χ4v) is 2.55. The highest BCUT2D eigenvalue weighted by Gasteiger charge is 2.20. The number of nitrogens with one attached hydrogen (secondary N) is 1. The van der Waals surface area contributed by atoms with Crippen LogP contribution in [0.25, 0.3) is 5.52 Å². The van der Waals surface area contributed by atoms with Crippen LogP contribution in [0.1, 0.15) is 35.1 Å². The Bertz CT molecular complexity index is 541. The highest BCUT2D eigenvalue weighted by atomic mass is 16.1. The van der Waals surface area contributed by atoms with Crippen LogP contribution in [-0.4, -0.2) is 28.8 Å². The molecule has 1 fully saturated rings. The monoisotopic (exact) mass is 229 g/mol. The summed E-state index contributed by atoms with van der Waals surface area (Å²) in [4.78, 5) is 15.6. The van der Waals surface area contributed by atoms with Crippen molar-refractivity contribution in [1.29, 1.82) is 0 Å². The first-order chi connectivity index (χ1) is 8.40. The first-order valence-corrected chi connectivity index (χ1v) is 6.02. The fourth-order valence-electron chi connectivity index (χ4n) is 2.55. The molecule has 0 saturated carbocycles. The Morgan fingerprint density at radius 2 is 2.41 bits per heavy atom. The van der Waals surface area contributed by atoms with Gasteiger partial charge in [-0.3, -0.25) is 9.20 Å². The quantitative estimate of drug-likeness (QED) is 0.796. The Kier molecular flexibility index (Phi) is 2.65. The van der Waals surface area contributed by atoms with E-state index in [2.05, 4.69) is 10.3 Å². The molecule has 1 unspecified atom stereocenters. The number of rotatable bonds is 2. The first kappa shape index (κ1) is 10.5. The van der Waals surface area contributed by atoms with Crippen LogP contribution in [0.15, 0.2) is 24.4 Å². The third-order valence-electron chi connectivity index (χ3n) is 3.39. The fraction of sp³-hybridized carbons (Fsp3) is 0.385. The molecule has 1 atom stereocenters. The third-order valence-corrected chi connectivity index (χ3v) is 3.39. The van der Waals surface area contributed by atoms with Gasteiger partial charge >= 0.3 is 0 Å². The predicted octanol–water partition coefficient (Wildman–Crippen LogP) is 1.61.